The van der Waals surface area contributed by atoms with Gasteiger partial charge >= 0.3 is 0 Å². The minimum atomic E-state index is -0.295. The number of hydrogen-bond acceptors (Lipinski definition) is 6. The third-order valence-corrected chi connectivity index (χ3v) is 4.92. The van der Waals surface area contributed by atoms with Crippen molar-refractivity contribution in [3.05, 3.63) is 65.7 Å². The highest BCUT2D eigenvalue weighted by Crippen LogP contribution is 2.32. The lowest BCUT2D eigenvalue weighted by Gasteiger charge is -2.29. The monoisotopic (exact) mass is 390 g/mol. The van der Waals surface area contributed by atoms with Crippen molar-refractivity contribution in [2.24, 2.45) is 0 Å². The van der Waals surface area contributed by atoms with Crippen LogP contribution in [0.5, 0.6) is 11.5 Å². The number of fused-ring (bicyclic) bond motifs is 1. The molecule has 0 fully saturated rings. The summed E-state index contributed by atoms with van der Waals surface area (Å²) in [5, 5.41) is 11.3. The maximum Gasteiger partial charge on any atom is 0.257 e. The lowest BCUT2D eigenvalue weighted by molar-refractivity contribution is 0.102. The number of benzene rings is 2. The van der Waals surface area contributed by atoms with Crippen molar-refractivity contribution in [3.8, 4) is 11.5 Å². The highest BCUT2D eigenvalue weighted by molar-refractivity contribution is 6.04. The van der Waals surface area contributed by atoms with Gasteiger partial charge in [-0.1, -0.05) is 18.2 Å². The Hall–Kier alpha value is -3.61. The zero-order chi connectivity index (χ0) is 20.2. The summed E-state index contributed by atoms with van der Waals surface area (Å²) in [5.74, 6) is 1.91. The molecule has 1 aliphatic heterocycles. The average molecular weight is 390 g/mol. The van der Waals surface area contributed by atoms with Gasteiger partial charge in [0, 0.05) is 17.8 Å². The molecule has 0 saturated heterocycles. The Morgan fingerprint density at radius 2 is 1.83 bits per heavy atom. The second-order valence-electron chi connectivity index (χ2n) is 6.68. The summed E-state index contributed by atoms with van der Waals surface area (Å²) in [6, 6.07) is 17.0. The fraction of sp³-hybridized carbons (Fsp3) is 0.227. The first-order chi connectivity index (χ1) is 14.2. The molecule has 0 aliphatic carbocycles. The van der Waals surface area contributed by atoms with E-state index in [1.54, 1.807) is 31.4 Å². The highest BCUT2D eigenvalue weighted by atomic mass is 16.5. The molecular weight excluding hydrogens is 368 g/mol. The van der Waals surface area contributed by atoms with Gasteiger partial charge in [-0.2, -0.15) is 0 Å². The van der Waals surface area contributed by atoms with Crippen molar-refractivity contribution in [2.45, 2.75) is 12.8 Å². The summed E-state index contributed by atoms with van der Waals surface area (Å²) < 4.78 is 10.5. The Morgan fingerprint density at radius 1 is 1.00 bits per heavy atom. The van der Waals surface area contributed by atoms with E-state index in [0.717, 1.165) is 30.9 Å². The standard InChI is InChI=1S/C22H22N4O3/c1-28-18-10-9-16(14-19(18)29-2)22(27)23-20-11-12-21(25-24-20)26-13-5-7-15-6-3-4-8-17(15)26/h3-4,6,8-12,14H,5,7,13H2,1-2H3,(H,23,24,27). The first-order valence-electron chi connectivity index (χ1n) is 9.42. The van der Waals surface area contributed by atoms with Gasteiger partial charge in [0.15, 0.2) is 23.1 Å². The summed E-state index contributed by atoms with van der Waals surface area (Å²) in [6.07, 6.45) is 2.13. The molecule has 1 aromatic heterocycles. The lowest BCUT2D eigenvalue weighted by Crippen LogP contribution is -2.25. The number of nitrogens with one attached hydrogen (secondary N) is 1. The largest absolute Gasteiger partial charge is 0.493 e. The number of rotatable bonds is 5. The van der Waals surface area contributed by atoms with Gasteiger partial charge in [0.1, 0.15) is 0 Å². The number of carbonyl (C=O) groups excluding carboxylic acids is 1. The molecule has 7 nitrogen and oxygen atoms in total. The Kier molecular flexibility index (Phi) is 5.29. The van der Waals surface area contributed by atoms with E-state index in [9.17, 15) is 4.79 Å². The van der Waals surface area contributed by atoms with Crippen molar-refractivity contribution in [1.82, 2.24) is 10.2 Å². The molecule has 0 atom stereocenters. The van der Waals surface area contributed by atoms with Crippen molar-refractivity contribution < 1.29 is 14.3 Å². The summed E-state index contributed by atoms with van der Waals surface area (Å²) in [5.41, 5.74) is 2.92. The molecule has 4 rings (SSSR count). The van der Waals surface area contributed by atoms with E-state index < -0.39 is 0 Å². The van der Waals surface area contributed by atoms with Crippen LogP contribution in [0, 0.1) is 0 Å². The smallest absolute Gasteiger partial charge is 0.257 e. The highest BCUT2D eigenvalue weighted by Gasteiger charge is 2.19. The molecule has 2 heterocycles. The van der Waals surface area contributed by atoms with Crippen LogP contribution in [0.25, 0.3) is 0 Å². The maximum absolute atomic E-state index is 12.5. The van der Waals surface area contributed by atoms with Crippen LogP contribution in [0.3, 0.4) is 0 Å². The fourth-order valence-electron chi connectivity index (χ4n) is 3.47. The number of nitrogens with zero attached hydrogens (tertiary/aromatic N) is 3. The lowest BCUT2D eigenvalue weighted by atomic mass is 10.0. The molecule has 1 amide bonds. The quantitative estimate of drug-likeness (QED) is 0.714. The molecule has 0 unspecified atom stereocenters. The van der Waals surface area contributed by atoms with Crippen molar-refractivity contribution in [1.29, 1.82) is 0 Å². The van der Waals surface area contributed by atoms with Crippen LogP contribution in [-0.4, -0.2) is 36.9 Å². The van der Waals surface area contributed by atoms with E-state index in [2.05, 4.69) is 38.6 Å². The van der Waals surface area contributed by atoms with Crippen LogP contribution < -0.4 is 19.7 Å². The summed E-state index contributed by atoms with van der Waals surface area (Å²) in [7, 11) is 3.08. The van der Waals surface area contributed by atoms with Crippen LogP contribution in [0.15, 0.2) is 54.6 Å². The minimum absolute atomic E-state index is 0.295. The van der Waals surface area contributed by atoms with Gasteiger partial charge in [-0.3, -0.25) is 4.79 Å². The van der Waals surface area contributed by atoms with Crippen LogP contribution in [0.4, 0.5) is 17.3 Å². The molecule has 7 heteroatoms. The Balaban J connectivity index is 1.50. The predicted octanol–water partition coefficient (Wildman–Crippen LogP) is 3.83. The minimum Gasteiger partial charge on any atom is -0.493 e. The molecule has 0 spiro atoms. The Labute approximate surface area is 169 Å². The SMILES string of the molecule is COc1ccc(C(=O)Nc2ccc(N3CCCc4ccccc43)nn2)cc1OC. The zero-order valence-corrected chi connectivity index (χ0v) is 16.4. The summed E-state index contributed by atoms with van der Waals surface area (Å²) in [6.45, 7) is 0.892. The number of aryl methyl sites for hydroxylation is 1. The van der Waals surface area contributed by atoms with Gasteiger partial charge in [-0.25, -0.2) is 0 Å². The summed E-state index contributed by atoms with van der Waals surface area (Å²) in [4.78, 5) is 14.7. The molecule has 148 valence electrons. The van der Waals surface area contributed by atoms with Crippen molar-refractivity contribution in [2.75, 3.05) is 31.0 Å². The molecular formula is C22H22N4O3. The van der Waals surface area contributed by atoms with Gasteiger partial charge in [0.05, 0.1) is 14.2 Å². The van der Waals surface area contributed by atoms with Gasteiger partial charge in [-0.15, -0.1) is 10.2 Å². The third-order valence-electron chi connectivity index (χ3n) is 4.92. The van der Waals surface area contributed by atoms with Crippen LogP contribution in [0.1, 0.15) is 22.3 Å². The second-order valence-corrected chi connectivity index (χ2v) is 6.68. The normalized spacial score (nSPS) is 12.8. The number of para-hydroxylation sites is 1. The first-order valence-corrected chi connectivity index (χ1v) is 9.42. The molecule has 3 aromatic rings. The van der Waals surface area contributed by atoms with Crippen molar-refractivity contribution in [3.63, 3.8) is 0 Å². The number of ether oxygens (including phenoxy) is 2. The second kappa shape index (κ2) is 8.18. The molecule has 1 N–H and O–H groups in total. The number of methoxy groups -OCH3 is 2. The fourth-order valence-corrected chi connectivity index (χ4v) is 3.47. The third kappa shape index (κ3) is 3.85. The van der Waals surface area contributed by atoms with E-state index >= 15 is 0 Å². The van der Waals surface area contributed by atoms with Crippen LogP contribution in [0.2, 0.25) is 0 Å². The topological polar surface area (TPSA) is 76.6 Å². The van der Waals surface area contributed by atoms with Gasteiger partial charge in [0.2, 0.25) is 0 Å². The first kappa shape index (κ1) is 18.7. The van der Waals surface area contributed by atoms with E-state index in [0.29, 0.717) is 22.9 Å². The van der Waals surface area contributed by atoms with Gasteiger partial charge < -0.3 is 19.7 Å². The van der Waals surface area contributed by atoms with Gasteiger partial charge in [0.25, 0.3) is 5.91 Å². The number of amides is 1. The van der Waals surface area contributed by atoms with E-state index in [1.165, 1.54) is 12.7 Å². The number of aromatic nitrogens is 2. The number of hydrogen-bond donors (Lipinski definition) is 1. The molecule has 0 saturated carbocycles. The summed E-state index contributed by atoms with van der Waals surface area (Å²) >= 11 is 0. The van der Waals surface area contributed by atoms with Gasteiger partial charge in [-0.05, 0) is 54.8 Å². The predicted molar refractivity (Wildman–Crippen MR) is 111 cm³/mol. The molecule has 29 heavy (non-hydrogen) atoms. The maximum atomic E-state index is 12.5. The number of carbonyl (C=O) groups is 1. The van der Waals surface area contributed by atoms with E-state index in [4.69, 9.17) is 9.47 Å². The average Bonchev–Trinajstić information content (AvgIpc) is 2.78. The molecule has 2 aromatic carbocycles. The Morgan fingerprint density at radius 3 is 2.59 bits per heavy atom. The van der Waals surface area contributed by atoms with Crippen LogP contribution in [-0.2, 0) is 6.42 Å². The van der Waals surface area contributed by atoms with Crippen LogP contribution >= 0.6 is 0 Å². The molecule has 0 bridgehead atoms. The zero-order valence-electron chi connectivity index (χ0n) is 16.4. The molecule has 1 aliphatic rings. The Bertz CT molecular complexity index is 1020. The molecule has 0 radical (unpaired) electrons. The number of anilines is 3. The van der Waals surface area contributed by atoms with E-state index in [-0.39, 0.29) is 5.91 Å². The van der Waals surface area contributed by atoms with Crippen molar-refractivity contribution >= 4 is 23.2 Å². The van der Waals surface area contributed by atoms with E-state index in [1.807, 2.05) is 12.1 Å².